The molecule has 5 aliphatic rings. The molecule has 256 valence electrons. The van der Waals surface area contributed by atoms with Crippen LogP contribution in [0.5, 0.6) is 5.75 Å². The second-order valence-electron chi connectivity index (χ2n) is 16.2. The Morgan fingerprint density at radius 1 is 1.11 bits per heavy atom. The molecule has 0 aromatic heterocycles. The Kier molecular flexibility index (Phi) is 9.35. The zero-order valence-corrected chi connectivity index (χ0v) is 29.6. The van der Waals surface area contributed by atoms with Crippen LogP contribution in [0.2, 0.25) is 0 Å². The van der Waals surface area contributed by atoms with Crippen molar-refractivity contribution in [3.63, 3.8) is 0 Å². The smallest absolute Gasteiger partial charge is 0.260 e. The van der Waals surface area contributed by atoms with Crippen LogP contribution in [0.15, 0.2) is 41.1 Å². The Hall–Kier alpha value is -2.82. The average molecular weight is 644 g/mol. The van der Waals surface area contributed by atoms with Crippen molar-refractivity contribution in [3.05, 3.63) is 41.5 Å². The number of rotatable bonds is 8. The lowest BCUT2D eigenvalue weighted by molar-refractivity contribution is -0.125. The SMILES string of the molecule is C#C[C@]1(O)CC[C@@H]2[C@@H]3CCC4=CC(=NOCC(=O)NCC[C@]5(c6ccc(OC)cc6)C[C@H](C)N(C)C[C@H]5C)CC[C@]4(C)[C@H]3CC[C@@]21C. The third-order valence-electron chi connectivity index (χ3n) is 14.2. The number of fused-ring (bicyclic) bond motifs is 5. The number of nitrogens with zero attached hydrogens (tertiary/aromatic N) is 2. The number of carbonyl (C=O) groups is 1. The summed E-state index contributed by atoms with van der Waals surface area (Å²) in [6, 6.07) is 8.95. The summed E-state index contributed by atoms with van der Waals surface area (Å²) < 4.78 is 5.42. The summed E-state index contributed by atoms with van der Waals surface area (Å²) in [5.74, 6) is 5.70. The first-order valence-corrected chi connectivity index (χ1v) is 18.1. The van der Waals surface area contributed by atoms with E-state index in [-0.39, 0.29) is 28.8 Å². The molecule has 0 unspecified atom stereocenters. The van der Waals surface area contributed by atoms with Crippen molar-refractivity contribution in [2.75, 3.05) is 33.9 Å². The predicted octanol–water partition coefficient (Wildman–Crippen LogP) is 6.50. The van der Waals surface area contributed by atoms with E-state index in [0.29, 0.717) is 36.3 Å². The van der Waals surface area contributed by atoms with Crippen molar-refractivity contribution in [3.8, 4) is 18.1 Å². The van der Waals surface area contributed by atoms with Crippen molar-refractivity contribution in [1.82, 2.24) is 10.2 Å². The number of methoxy groups -OCH3 is 1. The molecule has 0 radical (unpaired) electrons. The number of likely N-dealkylation sites (tertiary alicyclic amines) is 1. The van der Waals surface area contributed by atoms with Gasteiger partial charge in [0.05, 0.1) is 12.8 Å². The standard InChI is InChI=1S/C40H57N3O4/c1-8-40(45)20-17-35-33-14-11-30-23-31(15-18-37(30,4)34(33)16-19-38(35,40)5)42-47-26-36(44)41-22-21-39(24-28(3)43(6)25-27(39)2)29-9-12-32(46-7)13-10-29/h1,9-10,12-13,23,27-28,33-35,45H,11,14-22,24-26H2,2-7H3,(H,41,44)/t27-,28+,33-,34+,35-,37+,38+,39+,40+/m1/s1. The number of nitrogens with one attached hydrogen (secondary N) is 1. The summed E-state index contributed by atoms with van der Waals surface area (Å²) in [6.07, 6.45) is 18.0. The summed E-state index contributed by atoms with van der Waals surface area (Å²) in [4.78, 5) is 21.0. The van der Waals surface area contributed by atoms with Gasteiger partial charge >= 0.3 is 0 Å². The minimum Gasteiger partial charge on any atom is -0.497 e. The molecule has 4 fully saturated rings. The number of hydrogen-bond acceptors (Lipinski definition) is 6. The number of benzene rings is 1. The lowest BCUT2D eigenvalue weighted by atomic mass is 9.46. The maximum Gasteiger partial charge on any atom is 0.260 e. The molecule has 0 spiro atoms. The summed E-state index contributed by atoms with van der Waals surface area (Å²) in [5.41, 5.74) is 2.74. The Labute approximate surface area is 282 Å². The van der Waals surface area contributed by atoms with Gasteiger partial charge in [0.15, 0.2) is 6.61 Å². The van der Waals surface area contributed by atoms with E-state index in [1.165, 1.54) is 11.1 Å². The van der Waals surface area contributed by atoms with Gasteiger partial charge < -0.3 is 24.9 Å². The molecular formula is C40H57N3O4. The van der Waals surface area contributed by atoms with E-state index in [0.717, 1.165) is 82.2 Å². The van der Waals surface area contributed by atoms with Crippen LogP contribution >= 0.6 is 0 Å². The summed E-state index contributed by atoms with van der Waals surface area (Å²) in [6.45, 7) is 10.9. The molecule has 3 saturated carbocycles. The second-order valence-corrected chi connectivity index (χ2v) is 16.2. The van der Waals surface area contributed by atoms with Gasteiger partial charge in [-0.25, -0.2) is 0 Å². The molecule has 7 heteroatoms. The maximum absolute atomic E-state index is 12.9. The number of ether oxygens (including phenoxy) is 1. The van der Waals surface area contributed by atoms with Crippen LogP contribution in [0.4, 0.5) is 0 Å². The van der Waals surface area contributed by atoms with E-state index < -0.39 is 5.60 Å². The molecule has 2 N–H and O–H groups in total. The molecule has 47 heavy (non-hydrogen) atoms. The van der Waals surface area contributed by atoms with Crippen molar-refractivity contribution in [1.29, 1.82) is 0 Å². The highest BCUT2D eigenvalue weighted by atomic mass is 16.6. The van der Waals surface area contributed by atoms with Crippen molar-refractivity contribution < 1.29 is 19.5 Å². The van der Waals surface area contributed by atoms with Gasteiger partial charge in [-0.3, -0.25) is 4.79 Å². The van der Waals surface area contributed by atoms with Crippen LogP contribution in [0.1, 0.15) is 97.5 Å². The van der Waals surface area contributed by atoms with Gasteiger partial charge in [-0.05, 0) is 131 Å². The first-order valence-electron chi connectivity index (χ1n) is 18.1. The monoisotopic (exact) mass is 643 g/mol. The Morgan fingerprint density at radius 2 is 1.85 bits per heavy atom. The molecule has 0 bridgehead atoms. The number of hydrogen-bond donors (Lipinski definition) is 2. The van der Waals surface area contributed by atoms with E-state index >= 15 is 0 Å². The normalized spacial score (nSPS) is 40.8. The van der Waals surface area contributed by atoms with Crippen molar-refractivity contribution in [2.24, 2.45) is 39.7 Å². The minimum atomic E-state index is -0.961. The van der Waals surface area contributed by atoms with Crippen LogP contribution in [0.25, 0.3) is 0 Å². The fraction of sp³-hybridized carbons (Fsp3) is 0.700. The molecule has 1 aromatic carbocycles. The van der Waals surface area contributed by atoms with Gasteiger partial charge in [0.25, 0.3) is 5.91 Å². The van der Waals surface area contributed by atoms with E-state index in [2.05, 4.69) is 74.2 Å². The quantitative estimate of drug-likeness (QED) is 0.250. The Balaban J connectivity index is 1.04. The molecule has 1 aromatic rings. The summed E-state index contributed by atoms with van der Waals surface area (Å²) in [7, 11) is 3.90. The largest absolute Gasteiger partial charge is 0.497 e. The number of allylic oxidation sites excluding steroid dienone is 2. The van der Waals surface area contributed by atoms with Gasteiger partial charge in [0.2, 0.25) is 0 Å². The number of oxime groups is 1. The number of amides is 1. The van der Waals surface area contributed by atoms with Gasteiger partial charge in [-0.2, -0.15) is 0 Å². The predicted molar refractivity (Wildman–Crippen MR) is 187 cm³/mol. The highest BCUT2D eigenvalue weighted by molar-refractivity contribution is 5.96. The molecule has 6 rings (SSSR count). The zero-order chi connectivity index (χ0) is 33.6. The third-order valence-corrected chi connectivity index (χ3v) is 14.2. The van der Waals surface area contributed by atoms with Crippen LogP contribution in [0.3, 0.4) is 0 Å². The lowest BCUT2D eigenvalue weighted by Gasteiger charge is -2.58. The first-order chi connectivity index (χ1) is 22.4. The molecule has 9 atom stereocenters. The van der Waals surface area contributed by atoms with Gasteiger partial charge in [-0.1, -0.05) is 49.6 Å². The number of carbonyl (C=O) groups excluding carboxylic acids is 1. The lowest BCUT2D eigenvalue weighted by Crippen LogP contribution is -2.54. The molecule has 1 amide bonds. The van der Waals surface area contributed by atoms with Crippen molar-refractivity contribution >= 4 is 11.6 Å². The number of piperidine rings is 1. The molecule has 4 aliphatic carbocycles. The molecule has 1 saturated heterocycles. The zero-order valence-electron chi connectivity index (χ0n) is 29.6. The molecule has 1 aliphatic heterocycles. The Bertz CT molecular complexity index is 1430. The van der Waals surface area contributed by atoms with E-state index in [9.17, 15) is 9.90 Å². The van der Waals surface area contributed by atoms with Gasteiger partial charge in [0.1, 0.15) is 11.4 Å². The fourth-order valence-corrected chi connectivity index (χ4v) is 11.0. The molecular weight excluding hydrogens is 586 g/mol. The molecule has 1 heterocycles. The first kappa shape index (κ1) is 34.1. The van der Waals surface area contributed by atoms with Crippen LogP contribution in [-0.4, -0.2) is 67.1 Å². The van der Waals surface area contributed by atoms with Crippen LogP contribution in [0, 0.1) is 46.8 Å². The highest BCUT2D eigenvalue weighted by Crippen LogP contribution is 2.67. The maximum atomic E-state index is 12.9. The van der Waals surface area contributed by atoms with E-state index in [1.54, 1.807) is 7.11 Å². The average Bonchev–Trinajstić information content (AvgIpc) is 3.34. The topological polar surface area (TPSA) is 83.4 Å². The number of aliphatic hydroxyl groups is 1. The van der Waals surface area contributed by atoms with Gasteiger partial charge in [0, 0.05) is 30.0 Å². The highest BCUT2D eigenvalue weighted by Gasteiger charge is 2.63. The second kappa shape index (κ2) is 12.9. The van der Waals surface area contributed by atoms with Crippen molar-refractivity contribution in [2.45, 2.75) is 109 Å². The fourth-order valence-electron chi connectivity index (χ4n) is 11.0. The Morgan fingerprint density at radius 3 is 2.57 bits per heavy atom. The summed E-state index contributed by atoms with van der Waals surface area (Å²) in [5, 5.41) is 18.9. The number of terminal acetylenes is 1. The van der Waals surface area contributed by atoms with E-state index in [1.807, 2.05) is 12.1 Å². The van der Waals surface area contributed by atoms with E-state index in [4.69, 9.17) is 16.0 Å². The van der Waals surface area contributed by atoms with Gasteiger partial charge in [-0.15, -0.1) is 6.42 Å². The van der Waals surface area contributed by atoms with Crippen LogP contribution < -0.4 is 10.1 Å². The summed E-state index contributed by atoms with van der Waals surface area (Å²) >= 11 is 0. The van der Waals surface area contributed by atoms with Crippen LogP contribution in [-0.2, 0) is 15.0 Å². The minimum absolute atomic E-state index is 0.0241. The third kappa shape index (κ3) is 5.82. The molecule has 7 nitrogen and oxygen atoms in total.